The van der Waals surface area contributed by atoms with Crippen LogP contribution in [0.25, 0.3) is 0 Å². The molecular formula is C22H31N. The van der Waals surface area contributed by atoms with E-state index in [1.807, 2.05) is 0 Å². The summed E-state index contributed by atoms with van der Waals surface area (Å²) in [7, 11) is 4.32. The Bertz CT molecular complexity index is 593. The fourth-order valence-corrected chi connectivity index (χ4v) is 3.22. The number of hydrogen-bond acceptors (Lipinski definition) is 1. The van der Waals surface area contributed by atoms with Gasteiger partial charge >= 0.3 is 0 Å². The van der Waals surface area contributed by atoms with E-state index in [9.17, 15) is 0 Å². The smallest absolute Gasteiger partial charge is 0.00189 e. The van der Waals surface area contributed by atoms with Gasteiger partial charge in [-0.15, -0.1) is 0 Å². The van der Waals surface area contributed by atoms with Gasteiger partial charge in [0.15, 0.2) is 0 Å². The maximum absolute atomic E-state index is 2.31. The van der Waals surface area contributed by atoms with Crippen molar-refractivity contribution in [2.24, 2.45) is 0 Å². The summed E-state index contributed by atoms with van der Waals surface area (Å²) in [6.45, 7) is 8.05. The highest BCUT2D eigenvalue weighted by molar-refractivity contribution is 5.35. The zero-order valence-electron chi connectivity index (χ0n) is 15.3. The van der Waals surface area contributed by atoms with Gasteiger partial charge in [-0.3, -0.25) is 0 Å². The van der Waals surface area contributed by atoms with Crippen molar-refractivity contribution < 1.29 is 0 Å². The third-order valence-electron chi connectivity index (χ3n) is 4.49. The van der Waals surface area contributed by atoms with Gasteiger partial charge in [0.1, 0.15) is 0 Å². The fraction of sp³-hybridized carbons (Fsp3) is 0.455. The molecule has 0 heterocycles. The molecule has 124 valence electrons. The van der Waals surface area contributed by atoms with Gasteiger partial charge in [-0.25, -0.2) is 0 Å². The number of hydrogen-bond donors (Lipinski definition) is 0. The lowest BCUT2D eigenvalue weighted by Gasteiger charge is -2.26. The van der Waals surface area contributed by atoms with Gasteiger partial charge in [-0.1, -0.05) is 75.4 Å². The predicted octanol–water partition coefficient (Wildman–Crippen LogP) is 5.26. The average molecular weight is 309 g/mol. The van der Waals surface area contributed by atoms with Crippen molar-refractivity contribution in [1.29, 1.82) is 0 Å². The van der Waals surface area contributed by atoms with Crippen molar-refractivity contribution in [2.45, 2.75) is 44.9 Å². The van der Waals surface area contributed by atoms with Gasteiger partial charge in [0.2, 0.25) is 0 Å². The van der Waals surface area contributed by atoms with E-state index in [2.05, 4.69) is 94.4 Å². The second-order valence-corrected chi connectivity index (χ2v) is 7.81. The number of rotatable bonds is 6. The molecule has 1 nitrogen and oxygen atoms in total. The van der Waals surface area contributed by atoms with Gasteiger partial charge in [-0.05, 0) is 61.5 Å². The van der Waals surface area contributed by atoms with Crippen LogP contribution < -0.4 is 0 Å². The van der Waals surface area contributed by atoms with Crippen LogP contribution in [0, 0.1) is 0 Å². The first-order valence-corrected chi connectivity index (χ1v) is 8.66. The van der Waals surface area contributed by atoms with Gasteiger partial charge in [0.05, 0.1) is 0 Å². The van der Waals surface area contributed by atoms with Crippen LogP contribution in [0.15, 0.2) is 54.6 Å². The Morgan fingerprint density at radius 3 is 2.09 bits per heavy atom. The topological polar surface area (TPSA) is 3.24 Å². The molecule has 0 saturated heterocycles. The van der Waals surface area contributed by atoms with Crippen molar-refractivity contribution in [3.8, 4) is 0 Å². The van der Waals surface area contributed by atoms with Crippen LogP contribution >= 0.6 is 0 Å². The number of benzene rings is 2. The first-order chi connectivity index (χ1) is 10.9. The van der Waals surface area contributed by atoms with Gasteiger partial charge < -0.3 is 4.90 Å². The summed E-state index contributed by atoms with van der Waals surface area (Å²) in [5.74, 6) is 0.571. The van der Waals surface area contributed by atoms with Crippen LogP contribution in [0.3, 0.4) is 0 Å². The van der Waals surface area contributed by atoms with Crippen molar-refractivity contribution >= 4 is 0 Å². The molecule has 0 N–H and O–H groups in total. The van der Waals surface area contributed by atoms with Crippen LogP contribution in [0.1, 0.15) is 49.8 Å². The zero-order valence-corrected chi connectivity index (χ0v) is 15.3. The standard InChI is InChI=1S/C22H31N/c1-22(2,3)21-14-10-9-13-20(21)17-19(15-16-23(4)5)18-11-7-6-8-12-18/h6-14,19H,15-17H2,1-5H3. The van der Waals surface area contributed by atoms with E-state index in [0.29, 0.717) is 5.92 Å². The van der Waals surface area contributed by atoms with E-state index < -0.39 is 0 Å². The Morgan fingerprint density at radius 2 is 1.48 bits per heavy atom. The summed E-state index contributed by atoms with van der Waals surface area (Å²) >= 11 is 0. The molecule has 1 unspecified atom stereocenters. The van der Waals surface area contributed by atoms with E-state index in [-0.39, 0.29) is 5.41 Å². The molecule has 0 aliphatic rings. The summed E-state index contributed by atoms with van der Waals surface area (Å²) in [5.41, 5.74) is 4.62. The largest absolute Gasteiger partial charge is 0.309 e. The van der Waals surface area contributed by atoms with Crippen LogP contribution in [-0.2, 0) is 11.8 Å². The second-order valence-electron chi connectivity index (χ2n) is 7.81. The summed E-state index contributed by atoms with van der Waals surface area (Å²) in [6, 6.07) is 19.9. The lowest BCUT2D eigenvalue weighted by Crippen LogP contribution is -2.19. The average Bonchev–Trinajstić information content (AvgIpc) is 2.51. The quantitative estimate of drug-likeness (QED) is 0.703. The summed E-state index contributed by atoms with van der Waals surface area (Å²) in [4.78, 5) is 2.28. The van der Waals surface area contributed by atoms with Crippen molar-refractivity contribution in [3.05, 3.63) is 71.3 Å². The lowest BCUT2D eigenvalue weighted by molar-refractivity contribution is 0.379. The van der Waals surface area contributed by atoms with E-state index in [0.717, 1.165) is 13.0 Å². The maximum atomic E-state index is 2.31. The molecule has 1 atom stereocenters. The van der Waals surface area contributed by atoms with E-state index in [1.54, 1.807) is 0 Å². The SMILES string of the molecule is CN(C)CCC(Cc1ccccc1C(C)(C)C)c1ccccc1. The molecule has 2 rings (SSSR count). The molecule has 23 heavy (non-hydrogen) atoms. The van der Waals surface area contributed by atoms with Gasteiger partial charge in [-0.2, -0.15) is 0 Å². The fourth-order valence-electron chi connectivity index (χ4n) is 3.22. The normalized spacial score (nSPS) is 13.3. The molecule has 0 fully saturated rings. The Kier molecular flexibility index (Phi) is 6.01. The third-order valence-corrected chi connectivity index (χ3v) is 4.49. The van der Waals surface area contributed by atoms with E-state index >= 15 is 0 Å². The van der Waals surface area contributed by atoms with Gasteiger partial charge in [0, 0.05) is 0 Å². The Labute approximate surface area is 142 Å². The molecule has 2 aromatic rings. The van der Waals surface area contributed by atoms with Crippen LogP contribution in [0.2, 0.25) is 0 Å². The molecule has 0 saturated carbocycles. The third kappa shape index (κ3) is 5.21. The van der Waals surface area contributed by atoms with Gasteiger partial charge in [0.25, 0.3) is 0 Å². The maximum Gasteiger partial charge on any atom is -0.00189 e. The number of nitrogens with zero attached hydrogens (tertiary/aromatic N) is 1. The molecule has 2 aromatic carbocycles. The van der Waals surface area contributed by atoms with E-state index in [1.165, 1.54) is 23.1 Å². The molecule has 0 aromatic heterocycles. The highest BCUT2D eigenvalue weighted by atomic mass is 15.0. The van der Waals surface area contributed by atoms with Crippen LogP contribution in [-0.4, -0.2) is 25.5 Å². The highest BCUT2D eigenvalue weighted by Gasteiger charge is 2.20. The van der Waals surface area contributed by atoms with E-state index in [4.69, 9.17) is 0 Å². The first kappa shape index (κ1) is 17.7. The molecule has 0 aliphatic carbocycles. The van der Waals surface area contributed by atoms with Crippen molar-refractivity contribution in [3.63, 3.8) is 0 Å². The lowest BCUT2D eigenvalue weighted by atomic mass is 9.79. The Balaban J connectivity index is 2.28. The molecule has 1 heteroatoms. The molecule has 0 radical (unpaired) electrons. The molecule has 0 aliphatic heterocycles. The minimum atomic E-state index is 0.194. The minimum Gasteiger partial charge on any atom is -0.309 e. The van der Waals surface area contributed by atoms with Crippen LogP contribution in [0.4, 0.5) is 0 Å². The molecular weight excluding hydrogens is 278 g/mol. The summed E-state index contributed by atoms with van der Waals surface area (Å²) in [5, 5.41) is 0. The molecule has 0 spiro atoms. The van der Waals surface area contributed by atoms with Crippen LogP contribution in [0.5, 0.6) is 0 Å². The first-order valence-electron chi connectivity index (χ1n) is 8.66. The second kappa shape index (κ2) is 7.79. The molecule has 0 bridgehead atoms. The molecule has 0 amide bonds. The Hall–Kier alpha value is -1.60. The predicted molar refractivity (Wildman–Crippen MR) is 101 cm³/mol. The minimum absolute atomic E-state index is 0.194. The van der Waals surface area contributed by atoms with Crippen molar-refractivity contribution in [2.75, 3.05) is 20.6 Å². The Morgan fingerprint density at radius 1 is 0.870 bits per heavy atom. The van der Waals surface area contributed by atoms with Crippen molar-refractivity contribution in [1.82, 2.24) is 4.90 Å². The summed E-state index contributed by atoms with van der Waals surface area (Å²) < 4.78 is 0. The zero-order chi connectivity index (χ0) is 16.9. The monoisotopic (exact) mass is 309 g/mol. The highest BCUT2D eigenvalue weighted by Crippen LogP contribution is 2.31. The summed E-state index contributed by atoms with van der Waals surface area (Å²) in [6.07, 6.45) is 2.31.